The molecule has 1 saturated heterocycles. The van der Waals surface area contributed by atoms with Gasteiger partial charge in [0, 0.05) is 19.4 Å². The van der Waals surface area contributed by atoms with Crippen molar-refractivity contribution in [2.45, 2.75) is 57.9 Å². The fourth-order valence-electron chi connectivity index (χ4n) is 3.30. The van der Waals surface area contributed by atoms with Crippen LogP contribution in [0.25, 0.3) is 0 Å². The van der Waals surface area contributed by atoms with Gasteiger partial charge in [0.15, 0.2) is 0 Å². The molecule has 0 spiro atoms. The molecule has 8 nitrogen and oxygen atoms in total. The Hall–Kier alpha value is -2.45. The van der Waals surface area contributed by atoms with E-state index in [-0.39, 0.29) is 37.4 Å². The predicted octanol–water partition coefficient (Wildman–Crippen LogP) is 1.58. The van der Waals surface area contributed by atoms with Gasteiger partial charge in [0.25, 0.3) is 0 Å². The maximum absolute atomic E-state index is 12.8. The van der Waals surface area contributed by atoms with Gasteiger partial charge in [-0.3, -0.25) is 9.59 Å². The Labute approximate surface area is 171 Å². The Bertz CT molecular complexity index is 681. The molecule has 8 heteroatoms. The van der Waals surface area contributed by atoms with E-state index < -0.39 is 18.1 Å². The number of aliphatic carboxylic acids is 1. The fraction of sp³-hybridized carbons (Fsp3) is 0.571. The summed E-state index contributed by atoms with van der Waals surface area (Å²) in [6.45, 7) is 4.89. The summed E-state index contributed by atoms with van der Waals surface area (Å²) in [7, 11) is 0. The lowest BCUT2D eigenvalue weighted by atomic mass is 10.2. The van der Waals surface area contributed by atoms with Gasteiger partial charge in [-0.2, -0.15) is 0 Å². The van der Waals surface area contributed by atoms with Crippen LogP contribution in [0.5, 0.6) is 0 Å². The van der Waals surface area contributed by atoms with E-state index in [9.17, 15) is 19.5 Å². The van der Waals surface area contributed by atoms with Gasteiger partial charge in [-0.1, -0.05) is 30.3 Å². The maximum atomic E-state index is 12.8. The summed E-state index contributed by atoms with van der Waals surface area (Å²) in [5, 5.41) is 12.6. The third kappa shape index (κ3) is 7.14. The Morgan fingerprint density at radius 2 is 2.00 bits per heavy atom. The average Bonchev–Trinajstić information content (AvgIpc) is 3.14. The lowest BCUT2D eigenvalue weighted by Gasteiger charge is -2.25. The zero-order valence-corrected chi connectivity index (χ0v) is 17.0. The number of ether oxygens (including phenoxy) is 2. The Morgan fingerprint density at radius 3 is 2.66 bits per heavy atom. The summed E-state index contributed by atoms with van der Waals surface area (Å²) < 4.78 is 10.7. The summed E-state index contributed by atoms with van der Waals surface area (Å²) in [6.07, 6.45) is 0.764. The molecule has 29 heavy (non-hydrogen) atoms. The standard InChI is InChI=1S/C21H30N2O6/c1-3-28-19(24)10-7-11-22-15(2)20(25)23-13-17(12-18(23)21(26)27)29-14-16-8-5-4-6-9-16/h4-6,8-9,15,17-18,22H,3,7,10-14H2,1-2H3,(H,26,27)/t15?,17-,18-/m0/s1. The highest BCUT2D eigenvalue weighted by Crippen LogP contribution is 2.23. The average molecular weight is 406 g/mol. The van der Waals surface area contributed by atoms with E-state index in [2.05, 4.69) is 5.32 Å². The SMILES string of the molecule is CCOC(=O)CCCNC(C)C(=O)N1C[C@@H](OCc2ccccc2)C[C@H]1C(=O)O. The first-order valence-corrected chi connectivity index (χ1v) is 10.00. The molecule has 0 saturated carbocycles. The number of hydrogen-bond donors (Lipinski definition) is 2. The van der Waals surface area contributed by atoms with E-state index in [1.165, 1.54) is 4.90 Å². The van der Waals surface area contributed by atoms with Crippen LogP contribution in [0.3, 0.4) is 0 Å². The monoisotopic (exact) mass is 406 g/mol. The molecule has 1 aromatic rings. The number of esters is 1. The van der Waals surface area contributed by atoms with E-state index in [0.29, 0.717) is 26.2 Å². The molecule has 0 aromatic heterocycles. The number of nitrogens with zero attached hydrogens (tertiary/aromatic N) is 1. The van der Waals surface area contributed by atoms with Gasteiger partial charge in [-0.05, 0) is 32.4 Å². The molecule has 1 unspecified atom stereocenters. The highest BCUT2D eigenvalue weighted by molar-refractivity contribution is 5.87. The van der Waals surface area contributed by atoms with Crippen molar-refractivity contribution >= 4 is 17.8 Å². The minimum atomic E-state index is -1.03. The first kappa shape index (κ1) is 22.8. The number of carboxylic acids is 1. The lowest BCUT2D eigenvalue weighted by Crippen LogP contribution is -2.49. The molecule has 160 valence electrons. The quantitative estimate of drug-likeness (QED) is 0.425. The van der Waals surface area contributed by atoms with Crippen LogP contribution in [-0.4, -0.2) is 65.7 Å². The Balaban J connectivity index is 1.83. The van der Waals surface area contributed by atoms with Gasteiger partial charge in [-0.25, -0.2) is 4.79 Å². The zero-order chi connectivity index (χ0) is 21.2. The molecule has 2 rings (SSSR count). The summed E-state index contributed by atoms with van der Waals surface area (Å²) in [5.74, 6) is -1.57. The van der Waals surface area contributed by atoms with Crippen molar-refractivity contribution in [2.75, 3.05) is 19.7 Å². The maximum Gasteiger partial charge on any atom is 0.326 e. The van der Waals surface area contributed by atoms with Gasteiger partial charge in [0.05, 0.1) is 25.4 Å². The van der Waals surface area contributed by atoms with Crippen LogP contribution >= 0.6 is 0 Å². The number of nitrogens with one attached hydrogen (secondary N) is 1. The van der Waals surface area contributed by atoms with Crippen LogP contribution in [0.15, 0.2) is 30.3 Å². The van der Waals surface area contributed by atoms with Gasteiger partial charge < -0.3 is 24.8 Å². The number of carbonyl (C=O) groups excluding carboxylic acids is 2. The summed E-state index contributed by atoms with van der Waals surface area (Å²) >= 11 is 0. The third-order valence-electron chi connectivity index (χ3n) is 4.84. The van der Waals surface area contributed by atoms with Crippen molar-refractivity contribution in [2.24, 2.45) is 0 Å². The second kappa shape index (κ2) is 11.5. The molecule has 3 atom stereocenters. The zero-order valence-electron chi connectivity index (χ0n) is 17.0. The number of amides is 1. The summed E-state index contributed by atoms with van der Waals surface area (Å²) in [5.41, 5.74) is 1.00. The Kier molecular flexibility index (Phi) is 9.08. The van der Waals surface area contributed by atoms with E-state index in [1.54, 1.807) is 13.8 Å². The van der Waals surface area contributed by atoms with Crippen molar-refractivity contribution < 1.29 is 29.0 Å². The predicted molar refractivity (Wildman–Crippen MR) is 106 cm³/mol. The molecule has 1 fully saturated rings. The minimum Gasteiger partial charge on any atom is -0.480 e. The molecule has 1 heterocycles. The molecule has 1 aromatic carbocycles. The van der Waals surface area contributed by atoms with E-state index >= 15 is 0 Å². The smallest absolute Gasteiger partial charge is 0.326 e. The number of hydrogen-bond acceptors (Lipinski definition) is 6. The minimum absolute atomic E-state index is 0.247. The Morgan fingerprint density at radius 1 is 1.28 bits per heavy atom. The number of benzene rings is 1. The molecule has 1 aliphatic rings. The first-order chi connectivity index (χ1) is 13.9. The topological polar surface area (TPSA) is 105 Å². The molecule has 2 N–H and O–H groups in total. The number of likely N-dealkylation sites (tertiary alicyclic amines) is 1. The fourth-order valence-corrected chi connectivity index (χ4v) is 3.30. The van der Waals surface area contributed by atoms with Gasteiger partial charge >= 0.3 is 11.9 Å². The molecule has 0 radical (unpaired) electrons. The van der Waals surface area contributed by atoms with E-state index in [1.807, 2.05) is 30.3 Å². The second-order valence-corrected chi connectivity index (χ2v) is 7.08. The molecular formula is C21H30N2O6. The van der Waals surface area contributed by atoms with Crippen molar-refractivity contribution in [3.8, 4) is 0 Å². The molecular weight excluding hydrogens is 376 g/mol. The van der Waals surface area contributed by atoms with Crippen LogP contribution < -0.4 is 5.32 Å². The highest BCUT2D eigenvalue weighted by atomic mass is 16.5. The van der Waals surface area contributed by atoms with Crippen LogP contribution in [0, 0.1) is 0 Å². The van der Waals surface area contributed by atoms with Crippen LogP contribution in [0.1, 0.15) is 38.7 Å². The third-order valence-corrected chi connectivity index (χ3v) is 4.84. The van der Waals surface area contributed by atoms with Crippen molar-refractivity contribution in [1.82, 2.24) is 10.2 Å². The molecule has 1 amide bonds. The van der Waals surface area contributed by atoms with Crippen LogP contribution in [-0.2, 0) is 30.5 Å². The highest BCUT2D eigenvalue weighted by Gasteiger charge is 2.41. The molecule has 0 bridgehead atoms. The van der Waals surface area contributed by atoms with Crippen molar-refractivity contribution in [3.63, 3.8) is 0 Å². The first-order valence-electron chi connectivity index (χ1n) is 10.00. The molecule has 0 aliphatic carbocycles. The van der Waals surface area contributed by atoms with E-state index in [0.717, 1.165) is 5.56 Å². The number of carboxylic acid groups (broad SMARTS) is 1. The van der Waals surface area contributed by atoms with Crippen molar-refractivity contribution in [3.05, 3.63) is 35.9 Å². The van der Waals surface area contributed by atoms with Gasteiger partial charge in [0.1, 0.15) is 6.04 Å². The van der Waals surface area contributed by atoms with Crippen LogP contribution in [0.2, 0.25) is 0 Å². The van der Waals surface area contributed by atoms with Gasteiger partial charge in [0.2, 0.25) is 5.91 Å². The van der Waals surface area contributed by atoms with Crippen molar-refractivity contribution in [1.29, 1.82) is 0 Å². The number of rotatable bonds is 11. The summed E-state index contributed by atoms with van der Waals surface area (Å²) in [4.78, 5) is 37.1. The normalized spacial score (nSPS) is 19.7. The lowest BCUT2D eigenvalue weighted by molar-refractivity contribution is -0.148. The molecule has 1 aliphatic heterocycles. The van der Waals surface area contributed by atoms with Gasteiger partial charge in [-0.15, -0.1) is 0 Å². The van der Waals surface area contributed by atoms with E-state index in [4.69, 9.17) is 9.47 Å². The second-order valence-electron chi connectivity index (χ2n) is 7.08. The van der Waals surface area contributed by atoms with Crippen LogP contribution in [0.4, 0.5) is 0 Å². The largest absolute Gasteiger partial charge is 0.480 e. The summed E-state index contributed by atoms with van der Waals surface area (Å²) in [6, 6.07) is 8.18. The number of carbonyl (C=O) groups is 3.